The summed E-state index contributed by atoms with van der Waals surface area (Å²) in [5.74, 6) is -0.222. The van der Waals surface area contributed by atoms with E-state index in [1.54, 1.807) is 0 Å². The molecular weight excluding hydrogens is 188 g/mol. The third-order valence-corrected chi connectivity index (χ3v) is 4.32. The number of carboxylic acid groups (broad SMARTS) is 1. The molecule has 1 unspecified atom stereocenters. The highest BCUT2D eigenvalue weighted by molar-refractivity contribution is 7.85. The van der Waals surface area contributed by atoms with Crippen molar-refractivity contribution in [3.8, 4) is 0 Å². The molecule has 1 aliphatic rings. The Morgan fingerprint density at radius 1 is 1.38 bits per heavy atom. The topological polar surface area (TPSA) is 54.4 Å². The standard InChI is InChI=1S/C9H16O3S/c10-9(11)6-3-7-13(12)8-4-1-2-5-8/h8H,1-7H2,(H,10,11). The molecule has 13 heavy (non-hydrogen) atoms. The van der Waals surface area contributed by atoms with Crippen LogP contribution in [0.5, 0.6) is 0 Å². The minimum Gasteiger partial charge on any atom is -0.481 e. The number of hydrogen-bond donors (Lipinski definition) is 1. The lowest BCUT2D eigenvalue weighted by atomic mass is 10.3. The molecule has 0 bridgehead atoms. The first-order valence-corrected chi connectivity index (χ1v) is 6.17. The maximum atomic E-state index is 11.5. The zero-order chi connectivity index (χ0) is 9.68. The van der Waals surface area contributed by atoms with Gasteiger partial charge >= 0.3 is 5.97 Å². The van der Waals surface area contributed by atoms with Crippen LogP contribution in [0.3, 0.4) is 0 Å². The Hall–Kier alpha value is -0.380. The summed E-state index contributed by atoms with van der Waals surface area (Å²) < 4.78 is 11.5. The lowest BCUT2D eigenvalue weighted by Crippen LogP contribution is -2.14. The molecule has 0 aliphatic heterocycles. The Labute approximate surface area is 81.0 Å². The molecule has 0 aromatic carbocycles. The van der Waals surface area contributed by atoms with Crippen molar-refractivity contribution in [2.75, 3.05) is 5.75 Å². The van der Waals surface area contributed by atoms with Gasteiger partial charge in [0.15, 0.2) is 0 Å². The molecule has 3 nitrogen and oxygen atoms in total. The van der Waals surface area contributed by atoms with E-state index in [0.29, 0.717) is 17.4 Å². The van der Waals surface area contributed by atoms with Crippen LogP contribution in [0.4, 0.5) is 0 Å². The smallest absolute Gasteiger partial charge is 0.303 e. The van der Waals surface area contributed by atoms with Gasteiger partial charge in [0.05, 0.1) is 0 Å². The second-order valence-corrected chi connectivity index (χ2v) is 5.33. The van der Waals surface area contributed by atoms with Gasteiger partial charge < -0.3 is 5.11 Å². The molecule has 0 heterocycles. The molecule has 0 saturated heterocycles. The fourth-order valence-corrected chi connectivity index (χ4v) is 3.30. The van der Waals surface area contributed by atoms with Crippen molar-refractivity contribution >= 4 is 16.8 Å². The molecule has 76 valence electrons. The summed E-state index contributed by atoms with van der Waals surface area (Å²) in [7, 11) is -0.775. The first-order valence-electron chi connectivity index (χ1n) is 4.79. The van der Waals surface area contributed by atoms with Gasteiger partial charge in [0, 0.05) is 28.2 Å². The van der Waals surface area contributed by atoms with Crippen LogP contribution in [0.15, 0.2) is 0 Å². The largest absolute Gasteiger partial charge is 0.481 e. The van der Waals surface area contributed by atoms with Crippen molar-refractivity contribution in [2.45, 2.75) is 43.8 Å². The summed E-state index contributed by atoms with van der Waals surface area (Å²) in [6, 6.07) is 0. The summed E-state index contributed by atoms with van der Waals surface area (Å²) in [5.41, 5.74) is 0. The summed E-state index contributed by atoms with van der Waals surface area (Å²) in [6.07, 6.45) is 5.22. The zero-order valence-corrected chi connectivity index (χ0v) is 8.52. The Balaban J connectivity index is 2.13. The Bertz CT molecular complexity index is 197. The number of hydrogen-bond acceptors (Lipinski definition) is 2. The summed E-state index contributed by atoms with van der Waals surface area (Å²) in [5, 5.41) is 8.75. The molecule has 0 aromatic heterocycles. The van der Waals surface area contributed by atoms with E-state index in [2.05, 4.69) is 0 Å². The van der Waals surface area contributed by atoms with Crippen LogP contribution in [-0.4, -0.2) is 26.3 Å². The number of carboxylic acids is 1. The quantitative estimate of drug-likeness (QED) is 0.739. The van der Waals surface area contributed by atoms with Gasteiger partial charge in [-0.15, -0.1) is 0 Å². The van der Waals surface area contributed by atoms with Crippen molar-refractivity contribution in [1.82, 2.24) is 0 Å². The molecule has 1 N–H and O–H groups in total. The SMILES string of the molecule is O=C(O)CCCS(=O)C1CCCC1. The molecule has 1 fully saturated rings. The third kappa shape index (κ3) is 3.89. The monoisotopic (exact) mass is 204 g/mol. The molecule has 1 aliphatic carbocycles. The highest BCUT2D eigenvalue weighted by Crippen LogP contribution is 2.23. The number of carbonyl (C=O) groups is 1. The van der Waals surface area contributed by atoms with Crippen LogP contribution in [0.1, 0.15) is 38.5 Å². The summed E-state index contributed by atoms with van der Waals surface area (Å²) in [6.45, 7) is 0. The van der Waals surface area contributed by atoms with Gasteiger partial charge in [0.1, 0.15) is 0 Å². The van der Waals surface area contributed by atoms with Crippen LogP contribution < -0.4 is 0 Å². The van der Waals surface area contributed by atoms with Crippen molar-refractivity contribution in [3.63, 3.8) is 0 Å². The van der Waals surface area contributed by atoms with Gasteiger partial charge in [0.2, 0.25) is 0 Å². The van der Waals surface area contributed by atoms with Crippen molar-refractivity contribution < 1.29 is 14.1 Å². The van der Waals surface area contributed by atoms with Gasteiger partial charge in [0.25, 0.3) is 0 Å². The Morgan fingerprint density at radius 3 is 2.54 bits per heavy atom. The Morgan fingerprint density at radius 2 is 2.00 bits per heavy atom. The maximum Gasteiger partial charge on any atom is 0.303 e. The van der Waals surface area contributed by atoms with Gasteiger partial charge in [-0.3, -0.25) is 9.00 Å². The predicted molar refractivity (Wildman–Crippen MR) is 52.1 cm³/mol. The molecule has 0 aromatic rings. The van der Waals surface area contributed by atoms with E-state index >= 15 is 0 Å². The zero-order valence-electron chi connectivity index (χ0n) is 7.70. The van der Waals surface area contributed by atoms with E-state index in [-0.39, 0.29) is 6.42 Å². The lowest BCUT2D eigenvalue weighted by Gasteiger charge is -2.07. The second-order valence-electron chi connectivity index (χ2n) is 3.49. The Kier molecular flexibility index (Phi) is 4.42. The minimum atomic E-state index is -0.788. The highest BCUT2D eigenvalue weighted by atomic mass is 32.2. The van der Waals surface area contributed by atoms with E-state index in [9.17, 15) is 9.00 Å². The first kappa shape index (κ1) is 10.7. The van der Waals surface area contributed by atoms with Crippen molar-refractivity contribution in [3.05, 3.63) is 0 Å². The molecule has 1 saturated carbocycles. The van der Waals surface area contributed by atoms with Gasteiger partial charge in [-0.25, -0.2) is 0 Å². The predicted octanol–water partition coefficient (Wildman–Crippen LogP) is 1.54. The van der Waals surface area contributed by atoms with Crippen molar-refractivity contribution in [2.24, 2.45) is 0 Å². The molecule has 1 atom stereocenters. The number of aliphatic carboxylic acids is 1. The normalized spacial score (nSPS) is 20.3. The van der Waals surface area contributed by atoms with Crippen LogP contribution in [0.2, 0.25) is 0 Å². The molecule has 0 spiro atoms. The van der Waals surface area contributed by atoms with E-state index in [1.165, 1.54) is 12.8 Å². The molecule has 1 rings (SSSR count). The average molecular weight is 204 g/mol. The molecule has 0 amide bonds. The van der Waals surface area contributed by atoms with E-state index < -0.39 is 16.8 Å². The van der Waals surface area contributed by atoms with Crippen molar-refractivity contribution in [1.29, 1.82) is 0 Å². The molecule has 0 radical (unpaired) electrons. The van der Waals surface area contributed by atoms with E-state index in [0.717, 1.165) is 12.8 Å². The first-order chi connectivity index (χ1) is 6.20. The molecular formula is C9H16O3S. The van der Waals surface area contributed by atoms with Crippen LogP contribution in [0, 0.1) is 0 Å². The third-order valence-electron chi connectivity index (χ3n) is 2.41. The number of rotatable bonds is 5. The van der Waals surface area contributed by atoms with E-state index in [4.69, 9.17) is 5.11 Å². The van der Waals surface area contributed by atoms with E-state index in [1.807, 2.05) is 0 Å². The summed E-state index contributed by atoms with van der Waals surface area (Å²) >= 11 is 0. The fraction of sp³-hybridized carbons (Fsp3) is 0.889. The lowest BCUT2D eigenvalue weighted by molar-refractivity contribution is -0.137. The summed E-state index contributed by atoms with van der Waals surface area (Å²) in [4.78, 5) is 10.2. The minimum absolute atomic E-state index is 0.151. The highest BCUT2D eigenvalue weighted by Gasteiger charge is 2.20. The van der Waals surface area contributed by atoms with Crippen LogP contribution in [0.25, 0.3) is 0 Å². The van der Waals surface area contributed by atoms with Crippen LogP contribution >= 0.6 is 0 Å². The van der Waals surface area contributed by atoms with Gasteiger partial charge in [-0.2, -0.15) is 0 Å². The second kappa shape index (κ2) is 5.37. The maximum absolute atomic E-state index is 11.5. The van der Waals surface area contributed by atoms with Gasteiger partial charge in [-0.1, -0.05) is 12.8 Å². The van der Waals surface area contributed by atoms with Gasteiger partial charge in [-0.05, 0) is 19.3 Å². The molecule has 4 heteroatoms. The van der Waals surface area contributed by atoms with Crippen LogP contribution in [-0.2, 0) is 15.6 Å². The fourth-order valence-electron chi connectivity index (χ4n) is 1.68. The average Bonchev–Trinajstić information content (AvgIpc) is 2.55.